The van der Waals surface area contributed by atoms with E-state index in [0.29, 0.717) is 12.1 Å². The number of carbonyl (C=O) groups is 1. The summed E-state index contributed by atoms with van der Waals surface area (Å²) in [6, 6.07) is 13.6. The molecule has 0 aliphatic heterocycles. The molecule has 0 aliphatic rings. The highest BCUT2D eigenvalue weighted by molar-refractivity contribution is 5.93. The van der Waals surface area contributed by atoms with Gasteiger partial charge in [0.1, 0.15) is 0 Å². The molecule has 1 aromatic heterocycles. The van der Waals surface area contributed by atoms with Crippen molar-refractivity contribution in [3.05, 3.63) is 65.5 Å². The number of rotatable bonds is 3. The summed E-state index contributed by atoms with van der Waals surface area (Å²) in [7, 11) is 1.80. The average Bonchev–Trinajstić information content (AvgIpc) is 2.40. The number of pyridine rings is 1. The van der Waals surface area contributed by atoms with E-state index in [-0.39, 0.29) is 5.91 Å². The quantitative estimate of drug-likeness (QED) is 0.826. The number of hydrogen-bond acceptors (Lipinski definition) is 2. The molecule has 0 saturated heterocycles. The minimum atomic E-state index is -0.00801. The van der Waals surface area contributed by atoms with Gasteiger partial charge in [0.15, 0.2) is 0 Å². The van der Waals surface area contributed by atoms with Gasteiger partial charge >= 0.3 is 0 Å². The number of amides is 1. The summed E-state index contributed by atoms with van der Waals surface area (Å²) < 4.78 is 0. The van der Waals surface area contributed by atoms with E-state index in [1.807, 2.05) is 49.4 Å². The topological polar surface area (TPSA) is 33.2 Å². The molecule has 2 rings (SSSR count). The highest BCUT2D eigenvalue weighted by Crippen LogP contribution is 2.08. The number of hydrogen-bond donors (Lipinski definition) is 0. The van der Waals surface area contributed by atoms with E-state index in [9.17, 15) is 4.79 Å². The largest absolute Gasteiger partial charge is 0.337 e. The molecule has 0 bridgehead atoms. The summed E-state index contributed by atoms with van der Waals surface area (Å²) >= 11 is 0. The standard InChI is InChI=1S/C15H16N2O/c1-12-8-9-14(10-16-12)15(18)17(2)11-13-6-4-3-5-7-13/h3-10H,11H2,1-2H3. The monoisotopic (exact) mass is 240 g/mol. The SMILES string of the molecule is Cc1ccc(C(=O)N(C)Cc2ccccc2)cn1. The van der Waals surface area contributed by atoms with Gasteiger partial charge in [0, 0.05) is 25.5 Å². The highest BCUT2D eigenvalue weighted by Gasteiger charge is 2.11. The van der Waals surface area contributed by atoms with Gasteiger partial charge in [-0.25, -0.2) is 0 Å². The molecule has 0 saturated carbocycles. The fourth-order valence-corrected chi connectivity index (χ4v) is 1.74. The molecule has 1 aromatic carbocycles. The zero-order valence-electron chi connectivity index (χ0n) is 10.6. The van der Waals surface area contributed by atoms with Crippen molar-refractivity contribution >= 4 is 5.91 Å². The second kappa shape index (κ2) is 5.45. The van der Waals surface area contributed by atoms with Crippen LogP contribution in [-0.2, 0) is 6.54 Å². The van der Waals surface area contributed by atoms with Gasteiger partial charge < -0.3 is 4.90 Å². The highest BCUT2D eigenvalue weighted by atomic mass is 16.2. The summed E-state index contributed by atoms with van der Waals surface area (Å²) in [5, 5.41) is 0. The second-order valence-corrected chi connectivity index (χ2v) is 4.34. The molecule has 0 fully saturated rings. The molecule has 0 aliphatic carbocycles. The molecular formula is C15H16N2O. The summed E-state index contributed by atoms with van der Waals surface area (Å²) in [5.41, 5.74) is 2.66. The van der Waals surface area contributed by atoms with Crippen molar-refractivity contribution in [1.82, 2.24) is 9.88 Å². The molecule has 0 radical (unpaired) electrons. The third kappa shape index (κ3) is 2.94. The van der Waals surface area contributed by atoms with Gasteiger partial charge in [0.05, 0.1) is 5.56 Å². The van der Waals surface area contributed by atoms with Crippen LogP contribution < -0.4 is 0 Å². The number of aromatic nitrogens is 1. The molecule has 92 valence electrons. The van der Waals surface area contributed by atoms with Crippen LogP contribution in [-0.4, -0.2) is 22.8 Å². The maximum atomic E-state index is 12.1. The van der Waals surface area contributed by atoms with E-state index in [2.05, 4.69) is 4.98 Å². The second-order valence-electron chi connectivity index (χ2n) is 4.34. The van der Waals surface area contributed by atoms with E-state index < -0.39 is 0 Å². The van der Waals surface area contributed by atoms with Crippen LogP contribution in [0.1, 0.15) is 21.6 Å². The van der Waals surface area contributed by atoms with Crippen LogP contribution >= 0.6 is 0 Å². The van der Waals surface area contributed by atoms with Crippen molar-refractivity contribution < 1.29 is 4.79 Å². The Morgan fingerprint density at radius 1 is 1.17 bits per heavy atom. The number of aryl methyl sites for hydroxylation is 1. The van der Waals surface area contributed by atoms with E-state index in [0.717, 1.165) is 11.3 Å². The summed E-state index contributed by atoms with van der Waals surface area (Å²) in [5.74, 6) is -0.00801. The van der Waals surface area contributed by atoms with Crippen LogP contribution in [0.25, 0.3) is 0 Å². The van der Waals surface area contributed by atoms with Gasteiger partial charge in [0.2, 0.25) is 0 Å². The van der Waals surface area contributed by atoms with Gasteiger partial charge in [-0.1, -0.05) is 30.3 Å². The Morgan fingerprint density at radius 2 is 1.89 bits per heavy atom. The summed E-state index contributed by atoms with van der Waals surface area (Å²) in [4.78, 5) is 18.0. The fourth-order valence-electron chi connectivity index (χ4n) is 1.74. The molecule has 2 aromatic rings. The molecular weight excluding hydrogens is 224 g/mol. The van der Waals surface area contributed by atoms with E-state index in [1.54, 1.807) is 18.1 Å². The van der Waals surface area contributed by atoms with Crippen molar-refractivity contribution in [2.45, 2.75) is 13.5 Å². The van der Waals surface area contributed by atoms with Gasteiger partial charge in [-0.05, 0) is 24.6 Å². The van der Waals surface area contributed by atoms with E-state index in [4.69, 9.17) is 0 Å². The first-order valence-electron chi connectivity index (χ1n) is 5.89. The molecule has 1 heterocycles. The Morgan fingerprint density at radius 3 is 2.50 bits per heavy atom. The first-order chi connectivity index (χ1) is 8.66. The van der Waals surface area contributed by atoms with E-state index >= 15 is 0 Å². The molecule has 3 nitrogen and oxygen atoms in total. The maximum absolute atomic E-state index is 12.1. The van der Waals surface area contributed by atoms with Crippen LogP contribution in [0.15, 0.2) is 48.7 Å². The summed E-state index contributed by atoms with van der Waals surface area (Å²) in [6.45, 7) is 2.51. The predicted molar refractivity (Wildman–Crippen MR) is 71.2 cm³/mol. The molecule has 3 heteroatoms. The maximum Gasteiger partial charge on any atom is 0.255 e. The van der Waals surface area contributed by atoms with Crippen molar-refractivity contribution in [3.8, 4) is 0 Å². The first-order valence-corrected chi connectivity index (χ1v) is 5.89. The third-order valence-electron chi connectivity index (χ3n) is 2.77. The van der Waals surface area contributed by atoms with Crippen molar-refractivity contribution in [2.24, 2.45) is 0 Å². The zero-order chi connectivity index (χ0) is 13.0. The Bertz CT molecular complexity index is 520. The zero-order valence-corrected chi connectivity index (χ0v) is 10.6. The predicted octanol–water partition coefficient (Wildman–Crippen LogP) is 2.66. The average molecular weight is 240 g/mol. The normalized spacial score (nSPS) is 10.1. The molecule has 0 spiro atoms. The van der Waals surface area contributed by atoms with Gasteiger partial charge in [-0.2, -0.15) is 0 Å². The van der Waals surface area contributed by atoms with Crippen LogP contribution in [0, 0.1) is 6.92 Å². The molecule has 0 N–H and O–H groups in total. The minimum absolute atomic E-state index is 0.00801. The lowest BCUT2D eigenvalue weighted by Crippen LogP contribution is -2.26. The Kier molecular flexibility index (Phi) is 3.72. The van der Waals surface area contributed by atoms with Crippen molar-refractivity contribution in [1.29, 1.82) is 0 Å². The third-order valence-corrected chi connectivity index (χ3v) is 2.77. The van der Waals surface area contributed by atoms with Crippen molar-refractivity contribution in [3.63, 3.8) is 0 Å². The number of benzene rings is 1. The Labute approximate surface area is 107 Å². The van der Waals surface area contributed by atoms with Gasteiger partial charge in [0.25, 0.3) is 5.91 Å². The first kappa shape index (κ1) is 12.3. The molecule has 18 heavy (non-hydrogen) atoms. The molecule has 0 atom stereocenters. The van der Waals surface area contributed by atoms with Crippen LogP contribution in [0.4, 0.5) is 0 Å². The Balaban J connectivity index is 2.07. The smallest absolute Gasteiger partial charge is 0.255 e. The molecule has 1 amide bonds. The summed E-state index contributed by atoms with van der Waals surface area (Å²) in [6.07, 6.45) is 1.62. The number of nitrogens with zero attached hydrogens (tertiary/aromatic N) is 2. The van der Waals surface area contributed by atoms with Gasteiger partial charge in [-0.15, -0.1) is 0 Å². The lowest BCUT2D eigenvalue weighted by Gasteiger charge is -2.17. The fraction of sp³-hybridized carbons (Fsp3) is 0.200. The number of carbonyl (C=O) groups excluding carboxylic acids is 1. The molecule has 0 unspecified atom stereocenters. The van der Waals surface area contributed by atoms with Crippen molar-refractivity contribution in [2.75, 3.05) is 7.05 Å². The van der Waals surface area contributed by atoms with Crippen LogP contribution in [0.2, 0.25) is 0 Å². The minimum Gasteiger partial charge on any atom is -0.337 e. The lowest BCUT2D eigenvalue weighted by atomic mass is 10.2. The van der Waals surface area contributed by atoms with Gasteiger partial charge in [-0.3, -0.25) is 9.78 Å². The van der Waals surface area contributed by atoms with Crippen LogP contribution in [0.3, 0.4) is 0 Å². The van der Waals surface area contributed by atoms with E-state index in [1.165, 1.54) is 0 Å². The lowest BCUT2D eigenvalue weighted by molar-refractivity contribution is 0.0784. The van der Waals surface area contributed by atoms with Crippen LogP contribution in [0.5, 0.6) is 0 Å². The Hall–Kier alpha value is -2.16.